The van der Waals surface area contributed by atoms with E-state index in [9.17, 15) is 40.8 Å². The van der Waals surface area contributed by atoms with Crippen LogP contribution in [0.25, 0.3) is 10.8 Å². The number of pyridine rings is 1. The number of halogens is 3. The molecule has 2 aliphatic carbocycles. The Labute approximate surface area is 336 Å². The summed E-state index contributed by atoms with van der Waals surface area (Å²) in [6.45, 7) is 8.56. The molecule has 14 nitrogen and oxygen atoms in total. The zero-order valence-electron chi connectivity index (χ0n) is 33.4. The third-order valence-corrected chi connectivity index (χ3v) is 13.1. The average Bonchev–Trinajstić information content (AvgIpc) is 4.05. The van der Waals surface area contributed by atoms with Crippen LogP contribution in [-0.2, 0) is 29.1 Å². The van der Waals surface area contributed by atoms with E-state index in [-0.39, 0.29) is 37.3 Å². The minimum Gasteiger partial charge on any atom is -0.489 e. The molecule has 1 aromatic carbocycles. The van der Waals surface area contributed by atoms with Crippen LogP contribution < -0.4 is 24.8 Å². The molecular weight excluding hydrogens is 784 g/mol. The maximum Gasteiger partial charge on any atom is 0.427 e. The molecule has 1 aromatic heterocycles. The number of aromatic nitrogens is 1. The topological polar surface area (TPSA) is 182 Å². The van der Waals surface area contributed by atoms with Crippen molar-refractivity contribution in [2.24, 2.45) is 17.8 Å². The van der Waals surface area contributed by atoms with Crippen LogP contribution in [0.5, 0.6) is 11.6 Å². The molecule has 2 aromatic rings. The number of alkyl halides is 3. The zero-order valence-corrected chi connectivity index (χ0v) is 34.2. The van der Waals surface area contributed by atoms with E-state index in [0.717, 1.165) is 0 Å². The molecule has 4 amide bonds. The van der Waals surface area contributed by atoms with Crippen molar-refractivity contribution in [3.05, 3.63) is 42.6 Å². The highest BCUT2D eigenvalue weighted by Crippen LogP contribution is 2.46. The first-order valence-electron chi connectivity index (χ1n) is 19.7. The van der Waals surface area contributed by atoms with Crippen LogP contribution >= 0.6 is 0 Å². The Hall–Kier alpha value is -4.61. The van der Waals surface area contributed by atoms with Crippen LogP contribution in [-0.4, -0.2) is 95.5 Å². The molecule has 7 atom stereocenters. The van der Waals surface area contributed by atoms with Crippen LogP contribution in [0, 0.1) is 17.8 Å². The lowest BCUT2D eigenvalue weighted by molar-refractivity contribution is -0.244. The molecule has 4 aliphatic rings. The maximum atomic E-state index is 14.8. The molecule has 2 aliphatic heterocycles. The number of ether oxygens (including phenoxy) is 3. The third kappa shape index (κ3) is 9.31. The fourth-order valence-corrected chi connectivity index (χ4v) is 9.05. The lowest BCUT2D eigenvalue weighted by atomic mass is 9.88. The molecule has 0 unspecified atom stereocenters. The van der Waals surface area contributed by atoms with Crippen LogP contribution in [0.2, 0.25) is 0 Å². The van der Waals surface area contributed by atoms with E-state index in [2.05, 4.69) is 20.3 Å². The molecule has 3 heterocycles. The molecule has 18 heteroatoms. The van der Waals surface area contributed by atoms with Crippen LogP contribution in [0.1, 0.15) is 86.5 Å². The normalized spacial score (nSPS) is 29.0. The number of sulfonamides is 1. The van der Waals surface area contributed by atoms with E-state index in [4.69, 9.17) is 14.2 Å². The van der Waals surface area contributed by atoms with E-state index < -0.39 is 86.4 Å². The minimum atomic E-state index is -4.91. The SMILES string of the molecule is CC(C)Oc1cnc(O[C@@H]2C[C@H]3C(=O)N[C@]4(C(=O)NS(=O)(=O)C5CC5)C[C@H]4/C=C\CC[C@H](C)C[C@@H](C)[C@H](NC(=O)OC(C)(C)C(F)(F)F)C(=O)N3C2)c2ccccc12. The fraction of sp³-hybridized carbons (Fsp3) is 0.625. The number of hydrogen-bond acceptors (Lipinski definition) is 10. The monoisotopic (exact) mass is 835 g/mol. The van der Waals surface area contributed by atoms with Gasteiger partial charge in [-0.3, -0.25) is 19.1 Å². The number of hydrogen-bond donors (Lipinski definition) is 3. The zero-order chi connectivity index (χ0) is 42.4. The first kappa shape index (κ1) is 43.0. The Morgan fingerprint density at radius 3 is 2.40 bits per heavy atom. The summed E-state index contributed by atoms with van der Waals surface area (Å²) in [5.74, 6) is -2.94. The highest BCUT2D eigenvalue weighted by Gasteiger charge is 2.62. The van der Waals surface area contributed by atoms with Gasteiger partial charge >= 0.3 is 12.3 Å². The fourth-order valence-electron chi connectivity index (χ4n) is 7.68. The van der Waals surface area contributed by atoms with Gasteiger partial charge in [-0.15, -0.1) is 0 Å². The number of carbonyl (C=O) groups is 4. The third-order valence-electron chi connectivity index (χ3n) is 11.3. The Morgan fingerprint density at radius 1 is 1.05 bits per heavy atom. The van der Waals surface area contributed by atoms with Crippen molar-refractivity contribution in [3.8, 4) is 11.6 Å². The summed E-state index contributed by atoms with van der Waals surface area (Å²) < 4.78 is 86.3. The van der Waals surface area contributed by atoms with Gasteiger partial charge in [0.2, 0.25) is 33.3 Å². The van der Waals surface area contributed by atoms with E-state index in [1.807, 2.05) is 39.0 Å². The van der Waals surface area contributed by atoms with Crippen molar-refractivity contribution in [3.63, 3.8) is 0 Å². The van der Waals surface area contributed by atoms with Gasteiger partial charge in [-0.1, -0.05) is 44.2 Å². The summed E-state index contributed by atoms with van der Waals surface area (Å²) in [7, 11) is -3.98. The highest BCUT2D eigenvalue weighted by molar-refractivity contribution is 7.91. The van der Waals surface area contributed by atoms with Gasteiger partial charge in [-0.25, -0.2) is 18.2 Å². The standard InChI is InChI=1S/C40H52F3N5O9S/c1-22(2)55-31-20-44-34(29-14-10-9-13-28(29)31)56-26-18-30-33(49)46-39(36(51)47-58(53,54)27-15-16-27)19-25(39)12-8-7-11-23(3)17-24(4)32(35(50)48(30)21-26)45-37(52)57-38(5,6)40(41,42)43/h8-10,12-14,20,22-27,30,32H,7,11,15-19,21H2,1-6H3,(H,45,52)(H,46,49)(H,47,51)/b12-8-/t23-,24+,25+,26+,30-,32-,39+/m0/s1. The predicted molar refractivity (Wildman–Crippen MR) is 206 cm³/mol. The van der Waals surface area contributed by atoms with Gasteiger partial charge in [0, 0.05) is 23.1 Å². The molecular formula is C40H52F3N5O9S. The number of benzene rings is 1. The lowest BCUT2D eigenvalue weighted by Crippen LogP contribution is -2.59. The van der Waals surface area contributed by atoms with Crippen molar-refractivity contribution in [1.82, 2.24) is 25.2 Å². The quantitative estimate of drug-likeness (QED) is 0.281. The van der Waals surface area contributed by atoms with E-state index in [1.54, 1.807) is 25.1 Å². The van der Waals surface area contributed by atoms with E-state index in [0.29, 0.717) is 62.5 Å². The predicted octanol–water partition coefficient (Wildman–Crippen LogP) is 5.30. The number of amides is 4. The molecule has 0 spiro atoms. The van der Waals surface area contributed by atoms with Gasteiger partial charge < -0.3 is 29.7 Å². The molecule has 0 bridgehead atoms. The summed E-state index contributed by atoms with van der Waals surface area (Å²) in [6, 6.07) is 4.49. The van der Waals surface area contributed by atoms with Crippen LogP contribution in [0.15, 0.2) is 42.6 Å². The summed E-state index contributed by atoms with van der Waals surface area (Å²) in [5.41, 5.74) is -4.51. The molecule has 3 fully saturated rings. The second-order valence-corrected chi connectivity index (χ2v) is 18.9. The Balaban J connectivity index is 1.35. The van der Waals surface area contributed by atoms with Crippen molar-refractivity contribution < 1.29 is 55.0 Å². The number of nitrogens with zero attached hydrogens (tertiary/aromatic N) is 2. The number of nitrogens with one attached hydrogen (secondary N) is 3. The maximum absolute atomic E-state index is 14.8. The second kappa shape index (κ2) is 16.2. The number of fused-ring (bicyclic) bond motifs is 3. The number of carbonyl (C=O) groups excluding carboxylic acids is 4. The minimum absolute atomic E-state index is 0.0346. The first-order valence-corrected chi connectivity index (χ1v) is 21.3. The second-order valence-electron chi connectivity index (χ2n) is 16.9. The summed E-state index contributed by atoms with van der Waals surface area (Å²) in [6.07, 6.45) is 0.120. The number of alkyl carbamates (subject to hydrolysis) is 1. The highest BCUT2D eigenvalue weighted by atomic mass is 32.2. The largest absolute Gasteiger partial charge is 0.489 e. The van der Waals surface area contributed by atoms with E-state index in [1.165, 1.54) is 11.1 Å². The summed E-state index contributed by atoms with van der Waals surface area (Å²) >= 11 is 0. The smallest absolute Gasteiger partial charge is 0.427 e. The van der Waals surface area contributed by atoms with Crippen LogP contribution in [0.4, 0.5) is 18.0 Å². The first-order chi connectivity index (χ1) is 27.1. The average molecular weight is 836 g/mol. The molecule has 2 saturated carbocycles. The molecule has 318 valence electrons. The Bertz CT molecular complexity index is 2060. The van der Waals surface area contributed by atoms with Crippen molar-refractivity contribution in [1.29, 1.82) is 0 Å². The molecule has 58 heavy (non-hydrogen) atoms. The number of rotatable bonds is 9. The Morgan fingerprint density at radius 2 is 1.74 bits per heavy atom. The molecule has 1 saturated heterocycles. The van der Waals surface area contributed by atoms with Gasteiger partial charge in [0.25, 0.3) is 5.91 Å². The summed E-state index contributed by atoms with van der Waals surface area (Å²) in [5, 5.41) is 5.78. The molecule has 3 N–H and O–H groups in total. The van der Waals surface area contributed by atoms with Gasteiger partial charge in [-0.2, -0.15) is 13.2 Å². The van der Waals surface area contributed by atoms with Crippen molar-refractivity contribution >= 4 is 44.6 Å². The summed E-state index contributed by atoms with van der Waals surface area (Å²) in [4.78, 5) is 61.8. The van der Waals surface area contributed by atoms with Crippen LogP contribution in [0.3, 0.4) is 0 Å². The molecule has 0 radical (unpaired) electrons. The van der Waals surface area contributed by atoms with Gasteiger partial charge in [0.1, 0.15) is 29.5 Å². The van der Waals surface area contributed by atoms with E-state index >= 15 is 0 Å². The van der Waals surface area contributed by atoms with Gasteiger partial charge in [0.15, 0.2) is 0 Å². The van der Waals surface area contributed by atoms with Gasteiger partial charge in [-0.05, 0) is 84.1 Å². The van der Waals surface area contributed by atoms with Crippen molar-refractivity contribution in [2.75, 3.05) is 6.54 Å². The number of allylic oxidation sites excluding steroid dienone is 1. The molecule has 6 rings (SSSR count). The van der Waals surface area contributed by atoms with Crippen molar-refractivity contribution in [2.45, 2.75) is 133 Å². The Kier molecular flexibility index (Phi) is 12.0. The lowest BCUT2D eigenvalue weighted by Gasteiger charge is -2.34. The van der Waals surface area contributed by atoms with Gasteiger partial charge in [0.05, 0.1) is 24.1 Å².